The first-order valence-electron chi connectivity index (χ1n) is 9.94. The van der Waals surface area contributed by atoms with E-state index in [2.05, 4.69) is 32.4 Å². The van der Waals surface area contributed by atoms with Crippen molar-refractivity contribution in [2.24, 2.45) is 10.8 Å². The van der Waals surface area contributed by atoms with Crippen LogP contribution >= 0.6 is 0 Å². The van der Waals surface area contributed by atoms with E-state index in [1.54, 1.807) is 24.3 Å². The van der Waals surface area contributed by atoms with Crippen LogP contribution in [0.15, 0.2) is 72.3 Å². The lowest BCUT2D eigenvalue weighted by molar-refractivity contribution is 0.259. The normalized spacial score (nSPS) is 12.8. The van der Waals surface area contributed by atoms with Crippen LogP contribution in [0.4, 0.5) is 15.1 Å². The highest BCUT2D eigenvalue weighted by molar-refractivity contribution is 6.07. The summed E-state index contributed by atoms with van der Waals surface area (Å²) in [7, 11) is 0. The molecule has 3 aromatic carbocycles. The van der Waals surface area contributed by atoms with Crippen molar-refractivity contribution in [1.82, 2.24) is 15.4 Å². The summed E-state index contributed by atoms with van der Waals surface area (Å²) in [4.78, 5) is 18.3. The molecule has 158 valence electrons. The first-order chi connectivity index (χ1) is 15.5. The first kappa shape index (κ1) is 19.5. The van der Waals surface area contributed by atoms with Crippen LogP contribution < -0.4 is 16.5 Å². The number of benzene rings is 3. The van der Waals surface area contributed by atoms with Gasteiger partial charge in [0.25, 0.3) is 0 Å². The number of amides is 2. The molecule has 0 spiro atoms. The Hall–Kier alpha value is -4.46. The van der Waals surface area contributed by atoms with Crippen LogP contribution in [-0.2, 0) is 6.42 Å². The van der Waals surface area contributed by atoms with Crippen LogP contribution in [0.25, 0.3) is 27.9 Å². The Bertz CT molecular complexity index is 1420. The van der Waals surface area contributed by atoms with E-state index in [1.165, 1.54) is 6.07 Å². The van der Waals surface area contributed by atoms with Crippen molar-refractivity contribution in [2.75, 3.05) is 5.32 Å². The number of hydrogen-bond donors (Lipinski definition) is 4. The smallest absolute Gasteiger partial charge is 0.318 e. The summed E-state index contributed by atoms with van der Waals surface area (Å²) in [5.41, 5.74) is 15.1. The Balaban J connectivity index is 1.48. The number of H-pyrrole nitrogens is 1. The second-order valence-electron chi connectivity index (χ2n) is 7.49. The molecule has 0 saturated heterocycles. The molecule has 7 nitrogen and oxygen atoms in total. The lowest BCUT2D eigenvalue weighted by Gasteiger charge is -2.19. The van der Waals surface area contributed by atoms with Gasteiger partial charge in [0.15, 0.2) is 0 Å². The van der Waals surface area contributed by atoms with Crippen molar-refractivity contribution >= 4 is 34.4 Å². The van der Waals surface area contributed by atoms with Gasteiger partial charge >= 0.3 is 6.03 Å². The number of carbonyl (C=O) groups is 1. The molecular weight excluding hydrogens is 407 g/mol. The quantitative estimate of drug-likeness (QED) is 0.389. The summed E-state index contributed by atoms with van der Waals surface area (Å²) in [5, 5.41) is 6.86. The minimum absolute atomic E-state index is 0.238. The molecule has 0 saturated carbocycles. The lowest BCUT2D eigenvalue weighted by atomic mass is 9.94. The third-order valence-corrected chi connectivity index (χ3v) is 5.33. The molecular formula is C24H19FN6O. The van der Waals surface area contributed by atoms with Crippen molar-refractivity contribution in [1.29, 1.82) is 0 Å². The molecule has 5 rings (SSSR count). The van der Waals surface area contributed by atoms with E-state index < -0.39 is 6.03 Å². The summed E-state index contributed by atoms with van der Waals surface area (Å²) in [6.45, 7) is 4.00. The van der Waals surface area contributed by atoms with Gasteiger partial charge in [-0.15, -0.1) is 0 Å². The monoisotopic (exact) mass is 426 g/mol. The van der Waals surface area contributed by atoms with Gasteiger partial charge in [0.2, 0.25) is 5.95 Å². The fraction of sp³-hybridized carbons (Fsp3) is 0.0417. The van der Waals surface area contributed by atoms with E-state index in [4.69, 9.17) is 5.73 Å². The highest BCUT2D eigenvalue weighted by Crippen LogP contribution is 2.29. The van der Waals surface area contributed by atoms with Gasteiger partial charge in [-0.25, -0.2) is 14.2 Å². The number of hydrogen-bond acceptors (Lipinski definition) is 4. The van der Waals surface area contributed by atoms with Crippen LogP contribution in [0.2, 0.25) is 0 Å². The molecule has 0 aliphatic carbocycles. The maximum atomic E-state index is 14.7. The van der Waals surface area contributed by atoms with Crippen LogP contribution in [0, 0.1) is 5.82 Å². The second kappa shape index (κ2) is 7.66. The van der Waals surface area contributed by atoms with E-state index in [1.807, 2.05) is 30.3 Å². The molecule has 0 unspecified atom stereocenters. The summed E-state index contributed by atoms with van der Waals surface area (Å²) in [6, 6.07) is 17.6. The van der Waals surface area contributed by atoms with Gasteiger partial charge in [-0.3, -0.25) is 10.7 Å². The number of fused-ring (bicyclic) bond motifs is 2. The number of anilines is 1. The molecule has 1 aliphatic rings. The Morgan fingerprint density at radius 3 is 2.69 bits per heavy atom. The van der Waals surface area contributed by atoms with Gasteiger partial charge in [-0.1, -0.05) is 43.0 Å². The molecule has 1 aromatic heterocycles. The van der Waals surface area contributed by atoms with Crippen molar-refractivity contribution in [3.8, 4) is 11.1 Å². The third kappa shape index (κ3) is 3.58. The standard InChI is InChI=1S/C24H19FN6O/c1-13-16-4-2-3-5-17(16)21(31-30-13)11-14-6-8-19(25)18(10-14)15-7-9-20-22(12-15)28-24(27-20)29-23(26)32/h2-10,12,30H,1,11H2,(H4,26,27,28,29,32). The Morgan fingerprint density at radius 1 is 1.06 bits per heavy atom. The van der Waals surface area contributed by atoms with E-state index in [9.17, 15) is 9.18 Å². The number of urea groups is 1. The number of rotatable bonds is 4. The number of nitrogens with two attached hydrogens (primary N) is 1. The predicted octanol–water partition coefficient (Wildman–Crippen LogP) is 4.38. The third-order valence-electron chi connectivity index (χ3n) is 5.33. The van der Waals surface area contributed by atoms with Gasteiger partial charge in [0.1, 0.15) is 5.82 Å². The number of primary amides is 1. The molecule has 4 aromatic rings. The number of nitrogens with zero attached hydrogens (tertiary/aromatic N) is 2. The molecule has 0 atom stereocenters. The highest BCUT2D eigenvalue weighted by Gasteiger charge is 2.17. The summed E-state index contributed by atoms with van der Waals surface area (Å²) in [5.74, 6) is -0.0949. The number of halogens is 1. The fourth-order valence-electron chi connectivity index (χ4n) is 3.84. The van der Waals surface area contributed by atoms with Crippen LogP contribution in [0.5, 0.6) is 0 Å². The summed E-state index contributed by atoms with van der Waals surface area (Å²) < 4.78 is 14.7. The topological polar surface area (TPSA) is 108 Å². The zero-order valence-electron chi connectivity index (χ0n) is 16.9. The summed E-state index contributed by atoms with van der Waals surface area (Å²) in [6.07, 6.45) is 0.531. The molecule has 2 heterocycles. The van der Waals surface area contributed by atoms with Crippen LogP contribution in [-0.4, -0.2) is 21.7 Å². The zero-order chi connectivity index (χ0) is 22.2. The maximum Gasteiger partial charge on any atom is 0.318 e. The average Bonchev–Trinajstić information content (AvgIpc) is 3.18. The minimum Gasteiger partial charge on any atom is -0.351 e. The van der Waals surface area contributed by atoms with Gasteiger partial charge in [0.05, 0.1) is 22.4 Å². The van der Waals surface area contributed by atoms with Crippen LogP contribution in [0.1, 0.15) is 16.7 Å². The molecule has 32 heavy (non-hydrogen) atoms. The first-order valence-corrected chi connectivity index (χ1v) is 9.94. The van der Waals surface area contributed by atoms with E-state index in [0.29, 0.717) is 28.6 Å². The van der Waals surface area contributed by atoms with Crippen molar-refractivity contribution in [3.63, 3.8) is 0 Å². The average molecular weight is 426 g/mol. The minimum atomic E-state index is -0.715. The maximum absolute atomic E-state index is 14.7. The van der Waals surface area contributed by atoms with Gasteiger partial charge in [-0.2, -0.15) is 5.10 Å². The zero-order valence-corrected chi connectivity index (χ0v) is 16.9. The highest BCUT2D eigenvalue weighted by atomic mass is 19.1. The largest absolute Gasteiger partial charge is 0.351 e. The summed E-state index contributed by atoms with van der Waals surface area (Å²) >= 11 is 0. The Morgan fingerprint density at radius 2 is 1.88 bits per heavy atom. The van der Waals surface area contributed by atoms with Crippen LogP contribution in [0.3, 0.4) is 0 Å². The fourth-order valence-corrected chi connectivity index (χ4v) is 3.84. The number of imidazole rings is 1. The molecule has 2 amide bonds. The molecule has 0 radical (unpaired) electrons. The van der Waals surface area contributed by atoms with E-state index in [0.717, 1.165) is 28.1 Å². The number of hydrazone groups is 1. The SMILES string of the molecule is C=C1NN=C(Cc2ccc(F)c(-c3ccc4nc(NC(N)=O)[nH]c4c3)c2)c2ccccc21. The number of nitrogens with one attached hydrogen (secondary N) is 3. The molecule has 5 N–H and O–H groups in total. The van der Waals surface area contributed by atoms with Crippen molar-refractivity contribution < 1.29 is 9.18 Å². The van der Waals surface area contributed by atoms with Crippen molar-refractivity contribution in [2.45, 2.75) is 6.42 Å². The van der Waals surface area contributed by atoms with Gasteiger partial charge in [-0.05, 0) is 35.4 Å². The molecule has 1 aliphatic heterocycles. The lowest BCUT2D eigenvalue weighted by Crippen LogP contribution is -2.20. The Labute approximate surface area is 182 Å². The predicted molar refractivity (Wildman–Crippen MR) is 124 cm³/mol. The van der Waals surface area contributed by atoms with E-state index in [-0.39, 0.29) is 11.8 Å². The second-order valence-corrected chi connectivity index (χ2v) is 7.49. The number of aromatic amines is 1. The van der Waals surface area contributed by atoms with Gasteiger partial charge < -0.3 is 10.7 Å². The molecule has 8 heteroatoms. The Kier molecular flexibility index (Phi) is 4.67. The number of carbonyl (C=O) groups excluding carboxylic acids is 1. The van der Waals surface area contributed by atoms with Gasteiger partial charge in [0, 0.05) is 23.1 Å². The van der Waals surface area contributed by atoms with Crippen molar-refractivity contribution in [3.05, 3.63) is 89.8 Å². The molecule has 0 bridgehead atoms. The van der Waals surface area contributed by atoms with E-state index >= 15 is 0 Å². The number of aromatic nitrogens is 2. The molecule has 0 fully saturated rings.